The minimum atomic E-state index is -0.0308. The van der Waals surface area contributed by atoms with Gasteiger partial charge in [0.15, 0.2) is 0 Å². The molecule has 4 heteroatoms. The maximum atomic E-state index is 11.5. The highest BCUT2D eigenvalue weighted by Crippen LogP contribution is 2.16. The minimum absolute atomic E-state index is 0.0131. The van der Waals surface area contributed by atoms with Crippen molar-refractivity contribution in [3.63, 3.8) is 0 Å². The van der Waals surface area contributed by atoms with E-state index in [2.05, 4.69) is 12.2 Å². The summed E-state index contributed by atoms with van der Waals surface area (Å²) in [6.07, 6.45) is 0.345. The Kier molecular flexibility index (Phi) is 5.65. The topological polar surface area (TPSA) is 64.3 Å². The number of nitrogens with two attached hydrogens (primary N) is 1. The quantitative estimate of drug-likeness (QED) is 0.805. The summed E-state index contributed by atoms with van der Waals surface area (Å²) < 4.78 is 5.54. The van der Waals surface area contributed by atoms with Crippen LogP contribution in [-0.2, 0) is 4.79 Å². The number of hydrogen-bond acceptors (Lipinski definition) is 3. The molecular weight excluding hydrogens is 228 g/mol. The van der Waals surface area contributed by atoms with Crippen molar-refractivity contribution in [1.82, 2.24) is 5.32 Å². The number of ether oxygens (including phenoxy) is 1. The van der Waals surface area contributed by atoms with Gasteiger partial charge in [0, 0.05) is 12.6 Å². The SMILES string of the molecule is Cc1ccc(OCCC(=O)N[C@@H](C)CN)cc1C. The van der Waals surface area contributed by atoms with E-state index in [1.807, 2.05) is 32.0 Å². The van der Waals surface area contributed by atoms with Crippen molar-refractivity contribution in [2.45, 2.75) is 33.2 Å². The van der Waals surface area contributed by atoms with Crippen LogP contribution < -0.4 is 15.8 Å². The van der Waals surface area contributed by atoms with E-state index in [1.165, 1.54) is 11.1 Å². The lowest BCUT2D eigenvalue weighted by molar-refractivity contribution is -0.122. The van der Waals surface area contributed by atoms with Gasteiger partial charge in [-0.05, 0) is 44.0 Å². The number of carbonyl (C=O) groups is 1. The van der Waals surface area contributed by atoms with E-state index < -0.39 is 0 Å². The Labute approximate surface area is 109 Å². The number of amides is 1. The number of aryl methyl sites for hydroxylation is 2. The van der Waals surface area contributed by atoms with Gasteiger partial charge in [0.2, 0.25) is 5.91 Å². The fourth-order valence-electron chi connectivity index (χ4n) is 1.47. The van der Waals surface area contributed by atoms with Gasteiger partial charge < -0.3 is 15.8 Å². The number of hydrogen-bond donors (Lipinski definition) is 2. The third kappa shape index (κ3) is 4.75. The molecule has 0 aliphatic rings. The molecule has 0 aliphatic heterocycles. The molecule has 0 saturated heterocycles. The van der Waals surface area contributed by atoms with Crippen LogP contribution in [-0.4, -0.2) is 25.1 Å². The smallest absolute Gasteiger partial charge is 0.223 e. The van der Waals surface area contributed by atoms with Crippen molar-refractivity contribution < 1.29 is 9.53 Å². The van der Waals surface area contributed by atoms with Crippen molar-refractivity contribution >= 4 is 5.91 Å². The third-order valence-electron chi connectivity index (χ3n) is 2.84. The van der Waals surface area contributed by atoms with Gasteiger partial charge in [-0.15, -0.1) is 0 Å². The minimum Gasteiger partial charge on any atom is -0.493 e. The number of carbonyl (C=O) groups excluding carboxylic acids is 1. The van der Waals surface area contributed by atoms with Crippen molar-refractivity contribution in [2.24, 2.45) is 5.73 Å². The van der Waals surface area contributed by atoms with Crippen LogP contribution in [0.3, 0.4) is 0 Å². The Bertz CT molecular complexity index is 405. The zero-order valence-corrected chi connectivity index (χ0v) is 11.3. The second-order valence-corrected chi connectivity index (χ2v) is 4.55. The molecule has 0 radical (unpaired) electrons. The van der Waals surface area contributed by atoms with Crippen molar-refractivity contribution in [3.05, 3.63) is 29.3 Å². The highest BCUT2D eigenvalue weighted by Gasteiger charge is 2.05. The second-order valence-electron chi connectivity index (χ2n) is 4.55. The van der Waals surface area contributed by atoms with Crippen LogP contribution in [0.1, 0.15) is 24.5 Å². The van der Waals surface area contributed by atoms with E-state index in [0.717, 1.165) is 5.75 Å². The second kappa shape index (κ2) is 7.01. The van der Waals surface area contributed by atoms with Crippen LogP contribution in [0.5, 0.6) is 5.75 Å². The number of nitrogens with one attached hydrogen (secondary N) is 1. The Morgan fingerprint density at radius 2 is 2.11 bits per heavy atom. The molecule has 1 aromatic carbocycles. The van der Waals surface area contributed by atoms with Gasteiger partial charge in [-0.2, -0.15) is 0 Å². The summed E-state index contributed by atoms with van der Waals surface area (Å²) in [5, 5.41) is 2.79. The van der Waals surface area contributed by atoms with Crippen LogP contribution in [0.4, 0.5) is 0 Å². The lowest BCUT2D eigenvalue weighted by Crippen LogP contribution is -2.38. The molecule has 3 N–H and O–H groups in total. The standard InChI is InChI=1S/C14H22N2O2/c1-10-4-5-13(8-11(10)2)18-7-6-14(17)16-12(3)9-15/h4-5,8,12H,6-7,9,15H2,1-3H3,(H,16,17)/t12-/m0/s1. The van der Waals surface area contributed by atoms with Gasteiger partial charge in [0.25, 0.3) is 0 Å². The molecule has 100 valence electrons. The van der Waals surface area contributed by atoms with Crippen LogP contribution in [0.25, 0.3) is 0 Å². The predicted molar refractivity (Wildman–Crippen MR) is 72.7 cm³/mol. The summed E-state index contributed by atoms with van der Waals surface area (Å²) in [6.45, 7) is 6.80. The number of rotatable bonds is 6. The van der Waals surface area contributed by atoms with E-state index in [1.54, 1.807) is 0 Å². The molecule has 0 spiro atoms. The maximum absolute atomic E-state index is 11.5. The highest BCUT2D eigenvalue weighted by molar-refractivity contribution is 5.76. The first-order valence-electron chi connectivity index (χ1n) is 6.22. The van der Waals surface area contributed by atoms with Crippen LogP contribution in [0, 0.1) is 13.8 Å². The summed E-state index contributed by atoms with van der Waals surface area (Å²) in [4.78, 5) is 11.5. The Balaban J connectivity index is 2.33. The van der Waals surface area contributed by atoms with E-state index in [9.17, 15) is 4.79 Å². The van der Waals surface area contributed by atoms with Crippen LogP contribution >= 0.6 is 0 Å². The van der Waals surface area contributed by atoms with E-state index in [4.69, 9.17) is 10.5 Å². The Hall–Kier alpha value is -1.55. The zero-order chi connectivity index (χ0) is 13.5. The average molecular weight is 250 g/mol. The normalized spacial score (nSPS) is 12.0. The summed E-state index contributed by atoms with van der Waals surface area (Å²) in [5.74, 6) is 0.773. The van der Waals surface area contributed by atoms with E-state index >= 15 is 0 Å². The largest absolute Gasteiger partial charge is 0.493 e. The molecule has 0 fully saturated rings. The first kappa shape index (κ1) is 14.5. The molecule has 4 nitrogen and oxygen atoms in total. The number of benzene rings is 1. The highest BCUT2D eigenvalue weighted by atomic mass is 16.5. The molecule has 1 atom stereocenters. The summed E-state index contributed by atoms with van der Waals surface area (Å²) in [5.41, 5.74) is 7.85. The van der Waals surface area contributed by atoms with Crippen molar-refractivity contribution in [2.75, 3.05) is 13.2 Å². The molecule has 0 bridgehead atoms. The summed E-state index contributed by atoms with van der Waals surface area (Å²) in [6, 6.07) is 5.93. The molecule has 1 amide bonds. The average Bonchev–Trinajstić information content (AvgIpc) is 2.33. The molecule has 0 aliphatic carbocycles. The van der Waals surface area contributed by atoms with Gasteiger partial charge in [0.1, 0.15) is 5.75 Å². The van der Waals surface area contributed by atoms with Crippen LogP contribution in [0.2, 0.25) is 0 Å². The third-order valence-corrected chi connectivity index (χ3v) is 2.84. The monoisotopic (exact) mass is 250 g/mol. The molecular formula is C14H22N2O2. The first-order valence-corrected chi connectivity index (χ1v) is 6.22. The van der Waals surface area contributed by atoms with Gasteiger partial charge in [-0.1, -0.05) is 6.07 Å². The lowest BCUT2D eigenvalue weighted by atomic mass is 10.1. The Morgan fingerprint density at radius 3 is 2.72 bits per heavy atom. The van der Waals surface area contributed by atoms with E-state index in [-0.39, 0.29) is 11.9 Å². The van der Waals surface area contributed by atoms with Crippen molar-refractivity contribution in [3.8, 4) is 5.75 Å². The van der Waals surface area contributed by atoms with Crippen molar-refractivity contribution in [1.29, 1.82) is 0 Å². The Morgan fingerprint density at radius 1 is 1.39 bits per heavy atom. The molecule has 0 aromatic heterocycles. The van der Waals surface area contributed by atoms with Gasteiger partial charge >= 0.3 is 0 Å². The first-order chi connectivity index (χ1) is 8.52. The zero-order valence-electron chi connectivity index (χ0n) is 11.3. The lowest BCUT2D eigenvalue weighted by Gasteiger charge is -2.12. The fourth-order valence-corrected chi connectivity index (χ4v) is 1.47. The summed E-state index contributed by atoms with van der Waals surface area (Å²) in [7, 11) is 0. The molecule has 0 saturated carbocycles. The van der Waals surface area contributed by atoms with E-state index in [0.29, 0.717) is 19.6 Å². The van der Waals surface area contributed by atoms with Crippen LogP contribution in [0.15, 0.2) is 18.2 Å². The summed E-state index contributed by atoms with van der Waals surface area (Å²) >= 11 is 0. The molecule has 0 heterocycles. The van der Waals surface area contributed by atoms with Gasteiger partial charge in [-0.25, -0.2) is 0 Å². The predicted octanol–water partition coefficient (Wildman–Crippen LogP) is 1.54. The molecule has 1 aromatic rings. The molecule has 18 heavy (non-hydrogen) atoms. The van der Waals surface area contributed by atoms with Gasteiger partial charge in [0.05, 0.1) is 13.0 Å². The molecule has 0 unspecified atom stereocenters. The molecule has 1 rings (SSSR count). The fraction of sp³-hybridized carbons (Fsp3) is 0.500. The maximum Gasteiger partial charge on any atom is 0.223 e. The van der Waals surface area contributed by atoms with Gasteiger partial charge in [-0.3, -0.25) is 4.79 Å².